The van der Waals surface area contributed by atoms with Crippen molar-refractivity contribution < 1.29 is 56.9 Å². The first-order chi connectivity index (χ1) is 23.8. The molecule has 0 fully saturated rings. The topological polar surface area (TPSA) is 119 Å². The van der Waals surface area contributed by atoms with Crippen LogP contribution in [0.15, 0.2) is 0 Å². The van der Waals surface area contributed by atoms with E-state index in [1.807, 2.05) is 0 Å². The number of unbranched alkanes of at least 4 members (excludes halogenated alkanes) is 12. The van der Waals surface area contributed by atoms with Crippen molar-refractivity contribution in [2.24, 2.45) is 0 Å². The molecule has 0 aromatic rings. The Morgan fingerprint density at radius 3 is 0.812 bits per heavy atom. The zero-order valence-corrected chi connectivity index (χ0v) is 30.7. The minimum atomic E-state index is -0.403. The number of methoxy groups -OCH3 is 1. The summed E-state index contributed by atoms with van der Waals surface area (Å²) in [5.74, 6) is -0.403. The Morgan fingerprint density at radius 1 is 0.312 bits per heavy atom. The van der Waals surface area contributed by atoms with Gasteiger partial charge in [-0.15, -0.1) is 0 Å². The number of hydrogen-bond donors (Lipinski definition) is 0. The van der Waals surface area contributed by atoms with E-state index in [9.17, 15) is 4.79 Å². The van der Waals surface area contributed by atoms with Gasteiger partial charge in [0.05, 0.1) is 126 Å². The standard InChI is InChI=1S/C36H72O12/c1-3-4-5-6-7-8-9-10-11-12-13-14-15-16-39-17-18-40-19-20-41-21-22-42-23-24-43-25-26-44-27-28-45-29-30-46-31-32-47-33-34-48-35-36(37)38-2/h3-35H2,1-2H3. The van der Waals surface area contributed by atoms with Crippen LogP contribution in [0.5, 0.6) is 0 Å². The normalized spacial score (nSPS) is 11.5. The van der Waals surface area contributed by atoms with E-state index in [0.717, 1.165) is 13.0 Å². The second-order valence-corrected chi connectivity index (χ2v) is 11.4. The van der Waals surface area contributed by atoms with Crippen LogP contribution in [0.25, 0.3) is 0 Å². The largest absolute Gasteiger partial charge is 0.467 e. The van der Waals surface area contributed by atoms with Gasteiger partial charge in [0, 0.05) is 6.61 Å². The Kier molecular flexibility index (Phi) is 43.2. The fraction of sp³-hybridized carbons (Fsp3) is 0.972. The van der Waals surface area contributed by atoms with Crippen molar-refractivity contribution in [2.45, 2.75) is 90.4 Å². The van der Waals surface area contributed by atoms with E-state index in [-0.39, 0.29) is 6.61 Å². The summed E-state index contributed by atoms with van der Waals surface area (Å²) in [6.45, 7) is 12.2. The summed E-state index contributed by atoms with van der Waals surface area (Å²) >= 11 is 0. The lowest BCUT2D eigenvalue weighted by molar-refractivity contribution is -0.146. The van der Waals surface area contributed by atoms with Gasteiger partial charge in [0.1, 0.15) is 6.61 Å². The quantitative estimate of drug-likeness (QED) is 0.0599. The van der Waals surface area contributed by atoms with Crippen LogP contribution in [0.2, 0.25) is 0 Å². The maximum atomic E-state index is 10.9. The summed E-state index contributed by atoms with van der Waals surface area (Å²) in [6, 6.07) is 0. The van der Waals surface area contributed by atoms with Crippen molar-refractivity contribution in [1.29, 1.82) is 0 Å². The summed E-state index contributed by atoms with van der Waals surface area (Å²) in [5.41, 5.74) is 0. The van der Waals surface area contributed by atoms with Crippen molar-refractivity contribution in [3.05, 3.63) is 0 Å². The number of carbonyl (C=O) groups is 1. The molecule has 0 rings (SSSR count). The Labute approximate surface area is 292 Å². The van der Waals surface area contributed by atoms with Crippen LogP contribution >= 0.6 is 0 Å². The van der Waals surface area contributed by atoms with Gasteiger partial charge in [0.15, 0.2) is 0 Å². The average Bonchev–Trinajstić information content (AvgIpc) is 3.10. The summed E-state index contributed by atoms with van der Waals surface area (Å²) in [6.07, 6.45) is 17.8. The molecular formula is C36H72O12. The molecule has 48 heavy (non-hydrogen) atoms. The van der Waals surface area contributed by atoms with Crippen LogP contribution in [-0.2, 0) is 56.9 Å². The lowest BCUT2D eigenvalue weighted by Crippen LogP contribution is -2.16. The molecule has 0 spiro atoms. The Morgan fingerprint density at radius 2 is 0.542 bits per heavy atom. The van der Waals surface area contributed by atoms with Gasteiger partial charge in [-0.25, -0.2) is 4.79 Å². The summed E-state index contributed by atoms with van der Waals surface area (Å²) in [5, 5.41) is 0. The fourth-order valence-corrected chi connectivity index (χ4v) is 4.42. The zero-order valence-electron chi connectivity index (χ0n) is 30.7. The van der Waals surface area contributed by atoms with Crippen LogP contribution in [-0.4, -0.2) is 145 Å². The second kappa shape index (κ2) is 44.1. The molecule has 12 nitrogen and oxygen atoms in total. The molecule has 0 saturated carbocycles. The van der Waals surface area contributed by atoms with Gasteiger partial charge in [-0.1, -0.05) is 84.0 Å². The Balaban J connectivity index is 3.05. The van der Waals surface area contributed by atoms with Crippen molar-refractivity contribution in [3.8, 4) is 0 Å². The number of hydrogen-bond acceptors (Lipinski definition) is 12. The molecule has 12 heteroatoms. The SMILES string of the molecule is CCCCCCCCCCCCCCCOCCOCCOCCOCCOCCOCCOCCOCCOCCOCC(=O)OC. The lowest BCUT2D eigenvalue weighted by Gasteiger charge is -2.09. The predicted octanol–water partition coefficient (Wildman–Crippen LogP) is 5.42. The van der Waals surface area contributed by atoms with E-state index < -0.39 is 5.97 Å². The number of rotatable bonds is 43. The highest BCUT2D eigenvalue weighted by Gasteiger charge is 2.00. The van der Waals surface area contributed by atoms with Crippen LogP contribution < -0.4 is 0 Å². The fourth-order valence-electron chi connectivity index (χ4n) is 4.42. The number of ether oxygens (including phenoxy) is 11. The maximum absolute atomic E-state index is 10.9. The van der Waals surface area contributed by atoms with Gasteiger partial charge in [-0.3, -0.25) is 0 Å². The van der Waals surface area contributed by atoms with Gasteiger partial charge < -0.3 is 52.1 Å². The number of carbonyl (C=O) groups excluding carboxylic acids is 1. The molecule has 0 saturated heterocycles. The molecule has 0 atom stereocenters. The predicted molar refractivity (Wildman–Crippen MR) is 186 cm³/mol. The Hall–Kier alpha value is -0.930. The van der Waals surface area contributed by atoms with Crippen molar-refractivity contribution in [3.63, 3.8) is 0 Å². The van der Waals surface area contributed by atoms with E-state index in [2.05, 4.69) is 11.7 Å². The van der Waals surface area contributed by atoms with Crippen molar-refractivity contribution in [1.82, 2.24) is 0 Å². The molecule has 0 bridgehead atoms. The molecule has 0 aliphatic heterocycles. The van der Waals surface area contributed by atoms with Crippen LogP contribution in [0.1, 0.15) is 90.4 Å². The van der Waals surface area contributed by atoms with Gasteiger partial charge in [-0.05, 0) is 6.42 Å². The molecular weight excluding hydrogens is 624 g/mol. The molecule has 0 aliphatic rings. The summed E-state index contributed by atoms with van der Waals surface area (Å²) < 4.78 is 58.9. The molecule has 0 aromatic carbocycles. The molecule has 0 aromatic heterocycles. The monoisotopic (exact) mass is 697 g/mol. The molecule has 0 amide bonds. The van der Waals surface area contributed by atoms with E-state index in [0.29, 0.717) is 119 Å². The first-order valence-corrected chi connectivity index (χ1v) is 18.7. The third-order valence-corrected chi connectivity index (χ3v) is 7.19. The van der Waals surface area contributed by atoms with Crippen LogP contribution in [0, 0.1) is 0 Å². The number of esters is 1. The van der Waals surface area contributed by atoms with E-state index >= 15 is 0 Å². The molecule has 0 unspecified atom stereocenters. The van der Waals surface area contributed by atoms with Gasteiger partial charge in [-0.2, -0.15) is 0 Å². The van der Waals surface area contributed by atoms with E-state index in [4.69, 9.17) is 47.4 Å². The third-order valence-electron chi connectivity index (χ3n) is 7.19. The molecule has 0 heterocycles. The van der Waals surface area contributed by atoms with Crippen molar-refractivity contribution in [2.75, 3.05) is 139 Å². The lowest BCUT2D eigenvalue weighted by atomic mass is 10.0. The summed E-state index contributed by atoms with van der Waals surface area (Å²) in [7, 11) is 1.32. The minimum absolute atomic E-state index is 0.0655. The second-order valence-electron chi connectivity index (χ2n) is 11.4. The molecule has 288 valence electrons. The molecule has 0 aliphatic carbocycles. The van der Waals surface area contributed by atoms with Gasteiger partial charge in [0.25, 0.3) is 0 Å². The van der Waals surface area contributed by atoms with Crippen LogP contribution in [0.4, 0.5) is 0 Å². The highest BCUT2D eigenvalue weighted by molar-refractivity contribution is 5.70. The average molecular weight is 697 g/mol. The van der Waals surface area contributed by atoms with Gasteiger partial charge in [0.2, 0.25) is 0 Å². The zero-order chi connectivity index (χ0) is 34.7. The summed E-state index contributed by atoms with van der Waals surface area (Å²) in [4.78, 5) is 10.9. The first-order valence-electron chi connectivity index (χ1n) is 18.7. The first kappa shape index (κ1) is 47.1. The highest BCUT2D eigenvalue weighted by Crippen LogP contribution is 2.12. The minimum Gasteiger partial charge on any atom is -0.467 e. The van der Waals surface area contributed by atoms with E-state index in [1.165, 1.54) is 84.2 Å². The third kappa shape index (κ3) is 43.1. The van der Waals surface area contributed by atoms with Crippen LogP contribution in [0.3, 0.4) is 0 Å². The smallest absolute Gasteiger partial charge is 0.331 e. The highest BCUT2D eigenvalue weighted by atomic mass is 16.6. The molecule has 0 radical (unpaired) electrons. The van der Waals surface area contributed by atoms with E-state index in [1.54, 1.807) is 0 Å². The molecule has 0 N–H and O–H groups in total. The Bertz CT molecular complexity index is 599. The van der Waals surface area contributed by atoms with Crippen molar-refractivity contribution >= 4 is 5.97 Å². The van der Waals surface area contributed by atoms with Gasteiger partial charge >= 0.3 is 5.97 Å². The maximum Gasteiger partial charge on any atom is 0.331 e.